The third kappa shape index (κ3) is 5.32. The molecule has 0 spiro atoms. The fourth-order valence-corrected chi connectivity index (χ4v) is 7.10. The molecule has 0 aromatic heterocycles. The highest BCUT2D eigenvalue weighted by Gasteiger charge is 2.34. The van der Waals surface area contributed by atoms with Crippen molar-refractivity contribution >= 4 is 0 Å². The highest BCUT2D eigenvalue weighted by Crippen LogP contribution is 2.51. The van der Waals surface area contributed by atoms with E-state index in [9.17, 15) is 5.11 Å². The van der Waals surface area contributed by atoms with E-state index in [0.717, 1.165) is 66.8 Å². The topological polar surface area (TPSA) is 72.9 Å². The Labute approximate surface area is 264 Å². The van der Waals surface area contributed by atoms with Gasteiger partial charge in [-0.25, -0.2) is 0 Å². The maximum Gasteiger partial charge on any atom is 0.201 e. The molecule has 1 N–H and O–H groups in total. The molecule has 2 atom stereocenters. The summed E-state index contributed by atoms with van der Waals surface area (Å²) in [5, 5.41) is 11.6. The molecule has 8 heteroatoms. The lowest BCUT2D eigenvalue weighted by atomic mass is 9.87. The molecule has 0 saturated heterocycles. The van der Waals surface area contributed by atoms with E-state index in [1.807, 2.05) is 24.3 Å². The van der Waals surface area contributed by atoms with Gasteiger partial charge in [-0.2, -0.15) is 0 Å². The fraction of sp³-hybridized carbons (Fsp3) is 0.351. The number of rotatable bonds is 3. The summed E-state index contributed by atoms with van der Waals surface area (Å²) in [4.78, 5) is 4.71. The first kappa shape index (κ1) is 29.3. The number of hydrogen-bond acceptors (Lipinski definition) is 8. The average Bonchev–Trinajstić information content (AvgIpc) is 3.05. The van der Waals surface area contributed by atoms with Crippen LogP contribution in [-0.4, -0.2) is 63.4 Å². The highest BCUT2D eigenvalue weighted by molar-refractivity contribution is 5.63. The van der Waals surface area contributed by atoms with Crippen molar-refractivity contribution in [1.82, 2.24) is 9.80 Å². The average molecular weight is 609 g/mol. The monoisotopic (exact) mass is 608 g/mol. The summed E-state index contributed by atoms with van der Waals surface area (Å²) < 4.78 is 30.5. The molecule has 45 heavy (non-hydrogen) atoms. The third-order valence-electron chi connectivity index (χ3n) is 9.66. The van der Waals surface area contributed by atoms with E-state index >= 15 is 0 Å². The molecular formula is C37H40N2O6. The molecule has 4 aliphatic rings. The molecule has 8 nitrogen and oxygen atoms in total. The Balaban J connectivity index is 1.45. The van der Waals surface area contributed by atoms with Crippen LogP contribution in [0.2, 0.25) is 0 Å². The van der Waals surface area contributed by atoms with Gasteiger partial charge in [-0.3, -0.25) is 9.80 Å². The number of benzene rings is 4. The maximum atomic E-state index is 11.6. The van der Waals surface area contributed by atoms with Gasteiger partial charge in [-0.05, 0) is 110 Å². The summed E-state index contributed by atoms with van der Waals surface area (Å²) in [5.74, 6) is 4.15. The summed E-state index contributed by atoms with van der Waals surface area (Å²) >= 11 is 0. The smallest absolute Gasteiger partial charge is 0.201 e. The molecule has 1 unspecified atom stereocenters. The minimum atomic E-state index is -0.0366. The van der Waals surface area contributed by atoms with Crippen LogP contribution in [0.4, 0.5) is 0 Å². The molecule has 4 aromatic rings. The Hall–Kier alpha value is -4.40. The first-order chi connectivity index (χ1) is 21.9. The number of hydrogen-bond donors (Lipinski definition) is 1. The van der Waals surface area contributed by atoms with Gasteiger partial charge < -0.3 is 28.8 Å². The quantitative estimate of drug-likeness (QED) is 0.271. The third-order valence-corrected chi connectivity index (χ3v) is 9.66. The summed E-state index contributed by atoms with van der Waals surface area (Å²) in [6.07, 6.45) is 3.20. The van der Waals surface area contributed by atoms with Crippen molar-refractivity contribution in [1.29, 1.82) is 0 Å². The van der Waals surface area contributed by atoms with Crippen molar-refractivity contribution in [3.05, 3.63) is 94.0 Å². The normalized spacial score (nSPS) is 19.4. The van der Waals surface area contributed by atoms with Crippen LogP contribution in [0.3, 0.4) is 0 Å². The van der Waals surface area contributed by atoms with E-state index in [0.29, 0.717) is 34.5 Å². The van der Waals surface area contributed by atoms with Crippen LogP contribution in [-0.2, 0) is 25.7 Å². The number of phenolic OH excluding ortho intramolecular Hbond substituents is 1. The van der Waals surface area contributed by atoms with Gasteiger partial charge in [0.2, 0.25) is 5.75 Å². The summed E-state index contributed by atoms with van der Waals surface area (Å²) in [6.45, 7) is 1.80. The number of likely N-dealkylation sites (N-methyl/N-ethyl adjacent to an activating group) is 2. The van der Waals surface area contributed by atoms with Crippen molar-refractivity contribution < 1.29 is 28.8 Å². The van der Waals surface area contributed by atoms with E-state index in [1.54, 1.807) is 21.3 Å². The fourth-order valence-electron chi connectivity index (χ4n) is 7.10. The van der Waals surface area contributed by atoms with E-state index in [1.165, 1.54) is 11.1 Å². The van der Waals surface area contributed by atoms with Crippen molar-refractivity contribution in [2.75, 3.05) is 48.5 Å². The minimum Gasteiger partial charge on any atom is -0.502 e. The van der Waals surface area contributed by atoms with Crippen LogP contribution in [0, 0.1) is 0 Å². The molecule has 6 bridgehead atoms. The Bertz CT molecular complexity index is 1740. The van der Waals surface area contributed by atoms with Gasteiger partial charge in [-0.15, -0.1) is 0 Å². The first-order valence-electron chi connectivity index (χ1n) is 15.5. The molecule has 0 fully saturated rings. The van der Waals surface area contributed by atoms with Crippen molar-refractivity contribution in [3.8, 4) is 46.0 Å². The number of methoxy groups -OCH3 is 3. The Kier molecular flexibility index (Phi) is 7.71. The molecule has 0 aliphatic carbocycles. The van der Waals surface area contributed by atoms with Gasteiger partial charge >= 0.3 is 0 Å². The summed E-state index contributed by atoms with van der Waals surface area (Å²) in [5.41, 5.74) is 6.77. The van der Waals surface area contributed by atoms with Gasteiger partial charge in [0.1, 0.15) is 5.75 Å². The molecule has 4 heterocycles. The second-order valence-corrected chi connectivity index (χ2v) is 12.3. The van der Waals surface area contributed by atoms with E-state index < -0.39 is 0 Å². The van der Waals surface area contributed by atoms with Gasteiger partial charge in [0.25, 0.3) is 0 Å². The zero-order chi connectivity index (χ0) is 31.2. The van der Waals surface area contributed by atoms with Crippen molar-refractivity contribution in [2.24, 2.45) is 0 Å². The standard InChI is InChI=1S/C37H40N2O6/c1-38-14-12-24-19-31(42-4)33-21-27(24)28(38)17-23-8-11-30(41-3)32(18-23)44-26-9-6-22(7-10-26)16-29-35-25(13-15-39(29)2)20-34(43-5)36(40)37(35)45-33/h6-11,18-21,28-29,40H,12-17H2,1-5H3/t28?,29-/m0/s1. The lowest BCUT2D eigenvalue weighted by Crippen LogP contribution is -2.34. The molecule has 4 aromatic carbocycles. The van der Waals surface area contributed by atoms with E-state index in [2.05, 4.69) is 60.3 Å². The summed E-state index contributed by atoms with van der Waals surface area (Å²) in [6, 6.07) is 20.6. The molecule has 4 aliphatic heterocycles. The number of nitrogens with zero attached hydrogens (tertiary/aromatic N) is 2. The number of ether oxygens (including phenoxy) is 5. The van der Waals surface area contributed by atoms with Gasteiger partial charge in [0.05, 0.1) is 21.3 Å². The zero-order valence-electron chi connectivity index (χ0n) is 26.6. The molecule has 234 valence electrons. The van der Waals surface area contributed by atoms with Crippen LogP contribution in [0.25, 0.3) is 0 Å². The number of aromatic hydroxyl groups is 1. The van der Waals surface area contributed by atoms with Gasteiger partial charge in [0.15, 0.2) is 34.5 Å². The SMILES string of the molecule is COc1ccc2cc1Oc1ccc(cc1)C[C@H]1c3c(cc(OC)c(O)c3Oc3cc4c(cc3OC)CCN(C)C4C2)CCN1C. The highest BCUT2D eigenvalue weighted by atomic mass is 16.5. The predicted molar refractivity (Wildman–Crippen MR) is 173 cm³/mol. The van der Waals surface area contributed by atoms with Crippen LogP contribution >= 0.6 is 0 Å². The molecule has 0 amide bonds. The lowest BCUT2D eigenvalue weighted by Gasteiger charge is -2.37. The summed E-state index contributed by atoms with van der Waals surface area (Å²) in [7, 11) is 9.21. The van der Waals surface area contributed by atoms with Gasteiger partial charge in [-0.1, -0.05) is 18.2 Å². The van der Waals surface area contributed by atoms with Crippen molar-refractivity contribution in [2.45, 2.75) is 37.8 Å². The first-order valence-corrected chi connectivity index (χ1v) is 15.5. The van der Waals surface area contributed by atoms with Crippen LogP contribution < -0.4 is 23.7 Å². The molecule has 0 saturated carbocycles. The van der Waals surface area contributed by atoms with Crippen molar-refractivity contribution in [3.63, 3.8) is 0 Å². The molecule has 8 rings (SSSR count). The van der Waals surface area contributed by atoms with E-state index in [-0.39, 0.29) is 17.8 Å². The number of phenols is 1. The Morgan fingerprint density at radius 2 is 1.29 bits per heavy atom. The van der Waals surface area contributed by atoms with Crippen LogP contribution in [0.15, 0.2) is 60.7 Å². The second-order valence-electron chi connectivity index (χ2n) is 12.3. The predicted octanol–water partition coefficient (Wildman–Crippen LogP) is 6.86. The second kappa shape index (κ2) is 11.8. The lowest BCUT2D eigenvalue weighted by molar-refractivity contribution is 0.220. The van der Waals surface area contributed by atoms with Gasteiger partial charge in [0, 0.05) is 30.7 Å². The minimum absolute atomic E-state index is 0.00564. The Morgan fingerprint density at radius 1 is 0.667 bits per heavy atom. The maximum absolute atomic E-state index is 11.6. The zero-order valence-corrected chi connectivity index (χ0v) is 26.6. The number of fused-ring (bicyclic) bond motifs is 2. The van der Waals surface area contributed by atoms with Crippen LogP contribution in [0.1, 0.15) is 45.5 Å². The Morgan fingerprint density at radius 3 is 2.02 bits per heavy atom. The van der Waals surface area contributed by atoms with Crippen LogP contribution in [0.5, 0.6) is 46.0 Å². The van der Waals surface area contributed by atoms with E-state index in [4.69, 9.17) is 23.7 Å². The largest absolute Gasteiger partial charge is 0.502 e. The molecule has 0 radical (unpaired) electrons. The molecular weight excluding hydrogens is 568 g/mol.